The number of aliphatic hydroxyl groups is 1. The van der Waals surface area contributed by atoms with Gasteiger partial charge in [-0.05, 0) is 54.2 Å². The standard InChI is InChI=1S/C30H33NO6S/c1-36-28(34)13-7-12-26(32)30(23-16-14-22(15-17-23)18-21-8-4-3-5-9-21)38-25-11-6-10-24(19-25)31-27(33)20-29(35)37-2/h3-6,8-11,14-17,19,26,30,32H,7,12-13,18,20H2,1-2H3,(H,31,33). The predicted octanol–water partition coefficient (Wildman–Crippen LogP) is 5.32. The number of rotatable bonds is 13. The Morgan fingerprint density at radius 3 is 2.24 bits per heavy atom. The van der Waals surface area contributed by atoms with Crippen LogP contribution in [0.1, 0.15) is 47.6 Å². The van der Waals surface area contributed by atoms with Gasteiger partial charge in [0.15, 0.2) is 0 Å². The van der Waals surface area contributed by atoms with E-state index in [2.05, 4.69) is 34.3 Å². The number of methoxy groups -OCH3 is 2. The second kappa shape index (κ2) is 15.0. The van der Waals surface area contributed by atoms with Crippen LogP contribution in [0.4, 0.5) is 5.69 Å². The number of esters is 2. The Morgan fingerprint density at radius 1 is 0.868 bits per heavy atom. The lowest BCUT2D eigenvalue weighted by Gasteiger charge is -2.24. The van der Waals surface area contributed by atoms with E-state index >= 15 is 0 Å². The number of anilines is 1. The van der Waals surface area contributed by atoms with E-state index in [9.17, 15) is 19.5 Å². The molecule has 2 N–H and O–H groups in total. The van der Waals surface area contributed by atoms with Crippen molar-refractivity contribution in [2.75, 3.05) is 19.5 Å². The number of nitrogens with one attached hydrogen (secondary N) is 1. The molecule has 200 valence electrons. The average molecular weight is 536 g/mol. The molecule has 7 nitrogen and oxygen atoms in total. The predicted molar refractivity (Wildman–Crippen MR) is 148 cm³/mol. The van der Waals surface area contributed by atoms with Gasteiger partial charge < -0.3 is 19.9 Å². The highest BCUT2D eigenvalue weighted by atomic mass is 32.2. The second-order valence-corrected chi connectivity index (χ2v) is 10.0. The number of carbonyl (C=O) groups excluding carboxylic acids is 3. The number of benzene rings is 3. The van der Waals surface area contributed by atoms with Gasteiger partial charge in [0.05, 0.1) is 25.6 Å². The third kappa shape index (κ3) is 9.36. The van der Waals surface area contributed by atoms with Crippen molar-refractivity contribution in [3.63, 3.8) is 0 Å². The molecule has 0 spiro atoms. The highest BCUT2D eigenvalue weighted by Gasteiger charge is 2.23. The number of amides is 1. The molecule has 0 radical (unpaired) electrons. The molecule has 0 aliphatic rings. The third-order valence-electron chi connectivity index (χ3n) is 5.93. The second-order valence-electron chi connectivity index (χ2n) is 8.81. The lowest BCUT2D eigenvalue weighted by Crippen LogP contribution is -2.17. The van der Waals surface area contributed by atoms with Crippen molar-refractivity contribution < 1.29 is 29.0 Å². The summed E-state index contributed by atoms with van der Waals surface area (Å²) in [7, 11) is 2.59. The fourth-order valence-corrected chi connectivity index (χ4v) is 5.17. The van der Waals surface area contributed by atoms with E-state index < -0.39 is 18.0 Å². The number of hydrogen-bond acceptors (Lipinski definition) is 7. The molecule has 3 rings (SSSR count). The minimum absolute atomic E-state index is 0.239. The minimum atomic E-state index is -0.720. The van der Waals surface area contributed by atoms with Crippen LogP contribution in [0.25, 0.3) is 0 Å². The largest absolute Gasteiger partial charge is 0.469 e. The van der Waals surface area contributed by atoms with Gasteiger partial charge in [0.2, 0.25) is 5.91 Å². The van der Waals surface area contributed by atoms with Crippen LogP contribution in [-0.4, -0.2) is 43.3 Å². The summed E-state index contributed by atoms with van der Waals surface area (Å²) < 4.78 is 9.27. The van der Waals surface area contributed by atoms with Crippen LogP contribution < -0.4 is 5.32 Å². The van der Waals surface area contributed by atoms with Crippen LogP contribution in [0.2, 0.25) is 0 Å². The molecule has 0 fully saturated rings. The number of carbonyl (C=O) groups is 3. The number of aliphatic hydroxyl groups excluding tert-OH is 1. The van der Waals surface area contributed by atoms with Gasteiger partial charge in [-0.25, -0.2) is 0 Å². The molecule has 3 aromatic carbocycles. The topological polar surface area (TPSA) is 102 Å². The fourth-order valence-electron chi connectivity index (χ4n) is 3.94. The Bertz CT molecular complexity index is 1200. The maximum absolute atomic E-state index is 12.1. The Kier molecular flexibility index (Phi) is 11.4. The Balaban J connectivity index is 1.76. The van der Waals surface area contributed by atoms with E-state index in [-0.39, 0.29) is 24.1 Å². The van der Waals surface area contributed by atoms with Crippen molar-refractivity contribution in [1.82, 2.24) is 0 Å². The summed E-state index contributed by atoms with van der Waals surface area (Å²) in [6, 6.07) is 25.7. The van der Waals surface area contributed by atoms with Crippen LogP contribution in [0, 0.1) is 0 Å². The average Bonchev–Trinajstić information content (AvgIpc) is 2.92. The first-order valence-electron chi connectivity index (χ1n) is 12.4. The molecule has 0 saturated carbocycles. The zero-order valence-electron chi connectivity index (χ0n) is 21.6. The lowest BCUT2D eigenvalue weighted by molar-refractivity contribution is -0.143. The van der Waals surface area contributed by atoms with E-state index in [1.807, 2.05) is 36.4 Å². The van der Waals surface area contributed by atoms with Crippen molar-refractivity contribution in [2.24, 2.45) is 0 Å². The molecule has 0 bridgehead atoms. The van der Waals surface area contributed by atoms with Gasteiger partial charge >= 0.3 is 11.9 Å². The number of thioether (sulfide) groups is 1. The van der Waals surface area contributed by atoms with Crippen LogP contribution in [0.15, 0.2) is 83.8 Å². The zero-order valence-corrected chi connectivity index (χ0v) is 22.4. The first-order valence-corrected chi connectivity index (χ1v) is 13.3. The minimum Gasteiger partial charge on any atom is -0.469 e. The van der Waals surface area contributed by atoms with E-state index in [1.54, 1.807) is 18.2 Å². The Labute approximate surface area is 227 Å². The maximum Gasteiger partial charge on any atom is 0.315 e. The highest BCUT2D eigenvalue weighted by Crippen LogP contribution is 2.40. The first-order chi connectivity index (χ1) is 18.4. The van der Waals surface area contributed by atoms with Gasteiger partial charge in [-0.1, -0.05) is 60.7 Å². The summed E-state index contributed by atoms with van der Waals surface area (Å²) in [5, 5.41) is 13.6. The van der Waals surface area contributed by atoms with E-state index in [0.717, 1.165) is 16.9 Å². The van der Waals surface area contributed by atoms with Gasteiger partial charge in [-0.3, -0.25) is 14.4 Å². The van der Waals surface area contributed by atoms with Gasteiger partial charge in [0.1, 0.15) is 6.42 Å². The van der Waals surface area contributed by atoms with Crippen molar-refractivity contribution >= 4 is 35.3 Å². The molecule has 2 unspecified atom stereocenters. The van der Waals surface area contributed by atoms with Gasteiger partial charge in [0.25, 0.3) is 0 Å². The molecule has 0 aliphatic heterocycles. The molecule has 8 heteroatoms. The SMILES string of the molecule is COC(=O)CCCC(O)C(Sc1cccc(NC(=O)CC(=O)OC)c1)c1ccc(Cc2ccccc2)cc1. The summed E-state index contributed by atoms with van der Waals surface area (Å²) in [5.74, 6) is -1.38. The monoisotopic (exact) mass is 535 g/mol. The van der Waals surface area contributed by atoms with Crippen molar-refractivity contribution in [3.05, 3.63) is 95.6 Å². The van der Waals surface area contributed by atoms with Crippen molar-refractivity contribution in [2.45, 2.75) is 48.4 Å². The van der Waals surface area contributed by atoms with Crippen molar-refractivity contribution in [3.8, 4) is 0 Å². The van der Waals surface area contributed by atoms with Gasteiger partial charge in [-0.2, -0.15) is 0 Å². The molecular weight excluding hydrogens is 502 g/mol. The molecule has 3 aromatic rings. The van der Waals surface area contributed by atoms with Crippen LogP contribution >= 0.6 is 11.8 Å². The molecule has 38 heavy (non-hydrogen) atoms. The highest BCUT2D eigenvalue weighted by molar-refractivity contribution is 7.99. The summed E-state index contributed by atoms with van der Waals surface area (Å²) in [6.07, 6.45) is 0.887. The number of hydrogen-bond donors (Lipinski definition) is 2. The molecule has 2 atom stereocenters. The van der Waals surface area contributed by atoms with Gasteiger partial charge in [-0.15, -0.1) is 11.8 Å². The number of ether oxygens (including phenoxy) is 2. The zero-order chi connectivity index (χ0) is 27.3. The summed E-state index contributed by atoms with van der Waals surface area (Å²) >= 11 is 1.47. The Hall–Kier alpha value is -3.62. The van der Waals surface area contributed by atoms with E-state index in [4.69, 9.17) is 4.74 Å². The van der Waals surface area contributed by atoms with Crippen LogP contribution in [0.3, 0.4) is 0 Å². The van der Waals surface area contributed by atoms with Crippen LogP contribution in [-0.2, 0) is 30.3 Å². The summed E-state index contributed by atoms with van der Waals surface area (Å²) in [6.45, 7) is 0. The summed E-state index contributed by atoms with van der Waals surface area (Å²) in [5.41, 5.74) is 3.89. The molecule has 0 saturated heterocycles. The molecular formula is C30H33NO6S. The fraction of sp³-hybridized carbons (Fsp3) is 0.300. The molecule has 0 heterocycles. The first kappa shape index (κ1) is 28.9. The third-order valence-corrected chi connectivity index (χ3v) is 7.30. The smallest absolute Gasteiger partial charge is 0.315 e. The normalized spacial score (nSPS) is 12.3. The van der Waals surface area contributed by atoms with E-state index in [0.29, 0.717) is 18.5 Å². The molecule has 0 aromatic heterocycles. The van der Waals surface area contributed by atoms with Crippen molar-refractivity contribution in [1.29, 1.82) is 0 Å². The Morgan fingerprint density at radius 2 is 1.55 bits per heavy atom. The molecule has 1 amide bonds. The summed E-state index contributed by atoms with van der Waals surface area (Å²) in [4.78, 5) is 35.9. The molecule has 0 aliphatic carbocycles. The lowest BCUT2D eigenvalue weighted by atomic mass is 9.99. The van der Waals surface area contributed by atoms with Crippen LogP contribution in [0.5, 0.6) is 0 Å². The van der Waals surface area contributed by atoms with E-state index in [1.165, 1.54) is 37.1 Å². The van der Waals surface area contributed by atoms with Gasteiger partial charge in [0, 0.05) is 17.0 Å². The maximum atomic E-state index is 12.1. The quantitative estimate of drug-likeness (QED) is 0.174.